The Labute approximate surface area is 155 Å². The van der Waals surface area contributed by atoms with E-state index in [0.29, 0.717) is 43.5 Å². The summed E-state index contributed by atoms with van der Waals surface area (Å²) >= 11 is 0. The highest BCUT2D eigenvalue weighted by atomic mass is 32.2. The summed E-state index contributed by atoms with van der Waals surface area (Å²) in [7, 11) is -3.47. The summed E-state index contributed by atoms with van der Waals surface area (Å²) in [5.74, 6) is 0.118. The van der Waals surface area contributed by atoms with E-state index in [9.17, 15) is 13.2 Å². The number of nitrogens with zero attached hydrogens (tertiary/aromatic N) is 2. The summed E-state index contributed by atoms with van der Waals surface area (Å²) in [5, 5.41) is 3.35. The number of hydrogen-bond acceptors (Lipinski definition) is 4. The van der Waals surface area contributed by atoms with E-state index in [-0.39, 0.29) is 5.91 Å². The Kier molecular flexibility index (Phi) is 5.03. The van der Waals surface area contributed by atoms with Crippen molar-refractivity contribution in [1.29, 1.82) is 0 Å². The normalized spacial score (nSPS) is 21.0. The second-order valence-corrected chi connectivity index (χ2v) is 9.49. The van der Waals surface area contributed by atoms with Crippen LogP contribution in [0, 0.1) is 0 Å². The van der Waals surface area contributed by atoms with Gasteiger partial charge in [0.2, 0.25) is 15.9 Å². The maximum Gasteiger partial charge on any atom is 0.243 e. The fourth-order valence-electron chi connectivity index (χ4n) is 3.86. The third-order valence-corrected chi connectivity index (χ3v) is 7.54. The maximum atomic E-state index is 12.9. The van der Waals surface area contributed by atoms with Gasteiger partial charge in [-0.25, -0.2) is 8.42 Å². The largest absolute Gasteiger partial charge is 0.340 e. The number of amides is 1. The van der Waals surface area contributed by atoms with Crippen molar-refractivity contribution in [3.8, 4) is 0 Å². The number of aryl methyl sites for hydroxylation is 2. The lowest BCUT2D eigenvalue weighted by molar-refractivity contribution is -0.132. The molecule has 2 aliphatic carbocycles. The van der Waals surface area contributed by atoms with Crippen LogP contribution in [-0.4, -0.2) is 62.3 Å². The first-order chi connectivity index (χ1) is 12.5. The van der Waals surface area contributed by atoms with Crippen molar-refractivity contribution in [3.05, 3.63) is 29.3 Å². The molecular formula is C19H27N3O3S. The average molecular weight is 378 g/mol. The highest BCUT2D eigenvalue weighted by Gasteiger charge is 2.31. The van der Waals surface area contributed by atoms with Crippen molar-refractivity contribution in [3.63, 3.8) is 0 Å². The van der Waals surface area contributed by atoms with Gasteiger partial charge in [-0.2, -0.15) is 4.31 Å². The lowest BCUT2D eigenvalue weighted by Crippen LogP contribution is -2.50. The topological polar surface area (TPSA) is 69.7 Å². The molecule has 1 amide bonds. The molecule has 0 unspecified atom stereocenters. The number of carbonyl (C=O) groups is 1. The van der Waals surface area contributed by atoms with Gasteiger partial charge in [0, 0.05) is 45.2 Å². The number of rotatable bonds is 6. The number of nitrogens with one attached hydrogen (secondary N) is 1. The van der Waals surface area contributed by atoms with Gasteiger partial charge in [-0.15, -0.1) is 0 Å². The van der Waals surface area contributed by atoms with Crippen LogP contribution >= 0.6 is 0 Å². The van der Waals surface area contributed by atoms with E-state index in [1.165, 1.54) is 28.3 Å². The molecule has 0 atom stereocenters. The quantitative estimate of drug-likeness (QED) is 0.807. The molecule has 4 rings (SSSR count). The second-order valence-electron chi connectivity index (χ2n) is 7.55. The zero-order valence-electron chi connectivity index (χ0n) is 15.1. The molecule has 142 valence electrons. The Morgan fingerprint density at radius 1 is 1.08 bits per heavy atom. The van der Waals surface area contributed by atoms with E-state index in [1.807, 2.05) is 12.1 Å². The molecule has 1 heterocycles. The number of benzene rings is 1. The van der Waals surface area contributed by atoms with Crippen molar-refractivity contribution in [1.82, 2.24) is 14.5 Å². The number of hydrogen-bond donors (Lipinski definition) is 1. The van der Waals surface area contributed by atoms with Crippen LogP contribution in [0.15, 0.2) is 23.1 Å². The predicted molar refractivity (Wildman–Crippen MR) is 99.4 cm³/mol. The van der Waals surface area contributed by atoms with Gasteiger partial charge in [0.1, 0.15) is 0 Å². The van der Waals surface area contributed by atoms with E-state index >= 15 is 0 Å². The van der Waals surface area contributed by atoms with Gasteiger partial charge in [0.15, 0.2) is 0 Å². The Morgan fingerprint density at radius 3 is 2.54 bits per heavy atom. The predicted octanol–water partition coefficient (Wildman–Crippen LogP) is 1.15. The third kappa shape index (κ3) is 3.80. The number of piperazine rings is 1. The molecule has 0 aromatic heterocycles. The molecule has 1 aromatic carbocycles. The molecule has 0 spiro atoms. The highest BCUT2D eigenvalue weighted by molar-refractivity contribution is 7.89. The van der Waals surface area contributed by atoms with Gasteiger partial charge < -0.3 is 10.2 Å². The molecular weight excluding hydrogens is 350 g/mol. The standard InChI is InChI=1S/C19H27N3O3S/c23-19(8-9-20-17-5-6-17)21-10-12-22(13-11-21)26(24,25)18-7-4-15-2-1-3-16(15)14-18/h4,7,14,17,20H,1-3,5-6,8-13H2. The summed E-state index contributed by atoms with van der Waals surface area (Å²) in [5.41, 5.74) is 2.45. The molecule has 7 heteroatoms. The fourth-order valence-corrected chi connectivity index (χ4v) is 5.34. The van der Waals surface area contributed by atoms with Gasteiger partial charge in [-0.1, -0.05) is 6.07 Å². The summed E-state index contributed by atoms with van der Waals surface area (Å²) in [6.45, 7) is 2.43. The minimum absolute atomic E-state index is 0.118. The smallest absolute Gasteiger partial charge is 0.243 e. The average Bonchev–Trinajstić information content (AvgIpc) is 3.35. The van der Waals surface area contributed by atoms with Crippen molar-refractivity contribution >= 4 is 15.9 Å². The highest BCUT2D eigenvalue weighted by Crippen LogP contribution is 2.26. The first-order valence-electron chi connectivity index (χ1n) is 9.67. The number of carbonyl (C=O) groups excluding carboxylic acids is 1. The fraction of sp³-hybridized carbons (Fsp3) is 0.632. The monoisotopic (exact) mass is 377 g/mol. The summed E-state index contributed by atoms with van der Waals surface area (Å²) in [4.78, 5) is 14.5. The van der Waals surface area contributed by atoms with Gasteiger partial charge in [0.25, 0.3) is 0 Å². The van der Waals surface area contributed by atoms with Crippen LogP contribution < -0.4 is 5.32 Å². The van der Waals surface area contributed by atoms with E-state index in [0.717, 1.165) is 25.8 Å². The SMILES string of the molecule is O=C(CCNC1CC1)N1CCN(S(=O)(=O)c2ccc3c(c2)CCC3)CC1. The molecule has 0 bridgehead atoms. The Bertz CT molecular complexity index is 781. The lowest BCUT2D eigenvalue weighted by Gasteiger charge is -2.34. The number of fused-ring (bicyclic) bond motifs is 1. The van der Waals surface area contributed by atoms with Gasteiger partial charge >= 0.3 is 0 Å². The Morgan fingerprint density at radius 2 is 1.81 bits per heavy atom. The molecule has 6 nitrogen and oxygen atoms in total. The molecule has 1 saturated carbocycles. The molecule has 3 aliphatic rings. The van der Waals surface area contributed by atoms with E-state index in [4.69, 9.17) is 0 Å². The zero-order chi connectivity index (χ0) is 18.1. The van der Waals surface area contributed by atoms with Crippen molar-refractivity contribution < 1.29 is 13.2 Å². The van der Waals surface area contributed by atoms with Crippen LogP contribution in [0.4, 0.5) is 0 Å². The summed E-state index contributed by atoms with van der Waals surface area (Å²) in [6.07, 6.45) is 6.05. The van der Waals surface area contributed by atoms with Crippen LogP contribution in [0.3, 0.4) is 0 Å². The van der Waals surface area contributed by atoms with Gasteiger partial charge in [-0.05, 0) is 55.4 Å². The van der Waals surface area contributed by atoms with E-state index in [2.05, 4.69) is 5.32 Å². The van der Waals surface area contributed by atoms with Crippen LogP contribution in [0.25, 0.3) is 0 Å². The number of sulfonamides is 1. The van der Waals surface area contributed by atoms with Gasteiger partial charge in [0.05, 0.1) is 4.90 Å². The minimum Gasteiger partial charge on any atom is -0.340 e. The summed E-state index contributed by atoms with van der Waals surface area (Å²) < 4.78 is 27.4. The first-order valence-corrected chi connectivity index (χ1v) is 11.1. The Hall–Kier alpha value is -1.44. The molecule has 1 aromatic rings. The lowest BCUT2D eigenvalue weighted by atomic mass is 10.1. The van der Waals surface area contributed by atoms with Gasteiger partial charge in [-0.3, -0.25) is 4.79 Å². The minimum atomic E-state index is -3.47. The molecule has 26 heavy (non-hydrogen) atoms. The zero-order valence-corrected chi connectivity index (χ0v) is 15.9. The first kappa shape index (κ1) is 17.9. The molecule has 0 radical (unpaired) electrons. The second kappa shape index (κ2) is 7.29. The molecule has 1 aliphatic heterocycles. The third-order valence-electron chi connectivity index (χ3n) is 5.65. The Balaban J connectivity index is 1.33. The van der Waals surface area contributed by atoms with E-state index < -0.39 is 10.0 Å². The van der Waals surface area contributed by atoms with Crippen molar-refractivity contribution in [2.24, 2.45) is 0 Å². The maximum absolute atomic E-state index is 12.9. The van der Waals surface area contributed by atoms with Crippen molar-refractivity contribution in [2.75, 3.05) is 32.7 Å². The van der Waals surface area contributed by atoms with Crippen LogP contribution in [0.2, 0.25) is 0 Å². The molecule has 1 N–H and O–H groups in total. The van der Waals surface area contributed by atoms with Crippen molar-refractivity contribution in [2.45, 2.75) is 49.5 Å². The van der Waals surface area contributed by atoms with E-state index in [1.54, 1.807) is 11.0 Å². The summed E-state index contributed by atoms with van der Waals surface area (Å²) in [6, 6.07) is 6.15. The molecule has 2 fully saturated rings. The van der Waals surface area contributed by atoms with Crippen LogP contribution in [0.5, 0.6) is 0 Å². The van der Waals surface area contributed by atoms with Crippen LogP contribution in [-0.2, 0) is 27.7 Å². The van der Waals surface area contributed by atoms with Crippen LogP contribution in [0.1, 0.15) is 36.8 Å². The molecule has 1 saturated heterocycles.